The van der Waals surface area contributed by atoms with Gasteiger partial charge in [-0.05, 0) is 66.9 Å². The minimum atomic E-state index is -3.74. The van der Waals surface area contributed by atoms with Gasteiger partial charge in [0, 0.05) is 56.7 Å². The van der Waals surface area contributed by atoms with Crippen molar-refractivity contribution in [3.05, 3.63) is 71.6 Å². The third-order valence-corrected chi connectivity index (χ3v) is 8.15. The molecule has 0 atom stereocenters. The maximum atomic E-state index is 13.0. The summed E-state index contributed by atoms with van der Waals surface area (Å²) in [6.07, 6.45) is 4.75. The van der Waals surface area contributed by atoms with E-state index >= 15 is 0 Å². The molecule has 1 fully saturated rings. The lowest BCUT2D eigenvalue weighted by Gasteiger charge is -2.38. The van der Waals surface area contributed by atoms with Crippen LogP contribution in [0.15, 0.2) is 66.0 Å². The third kappa shape index (κ3) is 5.39. The Morgan fingerprint density at radius 3 is 2.53 bits per heavy atom. The van der Waals surface area contributed by atoms with Crippen LogP contribution in [-0.2, 0) is 21.2 Å². The van der Waals surface area contributed by atoms with E-state index in [2.05, 4.69) is 24.5 Å². The van der Waals surface area contributed by atoms with Crippen molar-refractivity contribution < 1.29 is 14.6 Å². The number of carbonyl (C=O) groups excluding carboxylic acids is 1. The SMILES string of the molecule is O=C(CN1CCCc2cc(Cl)ccc21)N1CCN(c2ccc(S(=O)(=O)Nc3ccncn3)cc2)CC1.[HH]. The van der Waals surface area contributed by atoms with Crippen molar-refractivity contribution in [2.45, 2.75) is 17.7 Å². The summed E-state index contributed by atoms with van der Waals surface area (Å²) in [4.78, 5) is 27.1. The first-order valence-corrected chi connectivity index (χ1v) is 13.7. The number of hydrogen-bond acceptors (Lipinski definition) is 7. The van der Waals surface area contributed by atoms with Gasteiger partial charge in [-0.15, -0.1) is 0 Å². The smallest absolute Gasteiger partial charge is 0.263 e. The van der Waals surface area contributed by atoms with Gasteiger partial charge in [0.2, 0.25) is 5.91 Å². The standard InChI is InChI=1S/C25H27ClN6O3S.H2/c26-20-3-8-23-19(16-20)2-1-11-32(23)17-25(33)31-14-12-30(13-15-31)21-4-6-22(7-5-21)36(34,35)29-24-9-10-27-18-28-24;/h3-10,16,18H,1-2,11-15,17H2,(H,27,28,29);1H. The van der Waals surface area contributed by atoms with Crippen molar-refractivity contribution in [1.29, 1.82) is 0 Å². The van der Waals surface area contributed by atoms with E-state index in [4.69, 9.17) is 11.6 Å². The fourth-order valence-corrected chi connectivity index (χ4v) is 5.87. The average Bonchev–Trinajstić information content (AvgIpc) is 2.89. The summed E-state index contributed by atoms with van der Waals surface area (Å²) in [7, 11) is -3.74. The Kier molecular flexibility index (Phi) is 6.97. The molecule has 9 nitrogen and oxygen atoms in total. The van der Waals surface area contributed by atoms with Gasteiger partial charge in [0.05, 0.1) is 11.4 Å². The highest BCUT2D eigenvalue weighted by atomic mass is 35.5. The van der Waals surface area contributed by atoms with Crippen LogP contribution in [0, 0.1) is 0 Å². The molecule has 11 heteroatoms. The zero-order chi connectivity index (χ0) is 25.1. The molecule has 1 aromatic heterocycles. The Morgan fingerprint density at radius 2 is 1.81 bits per heavy atom. The van der Waals surface area contributed by atoms with Gasteiger partial charge in [-0.3, -0.25) is 9.52 Å². The first-order valence-electron chi connectivity index (χ1n) is 11.8. The number of piperazine rings is 1. The summed E-state index contributed by atoms with van der Waals surface area (Å²) in [5.41, 5.74) is 3.22. The topological polar surface area (TPSA) is 98.7 Å². The Hall–Kier alpha value is -3.37. The summed E-state index contributed by atoms with van der Waals surface area (Å²) in [6, 6.07) is 14.1. The van der Waals surface area contributed by atoms with Gasteiger partial charge in [0.1, 0.15) is 12.1 Å². The lowest BCUT2D eigenvalue weighted by Crippen LogP contribution is -2.51. The maximum absolute atomic E-state index is 13.0. The molecule has 5 rings (SSSR count). The molecule has 0 saturated carbocycles. The van der Waals surface area contributed by atoms with E-state index in [-0.39, 0.29) is 18.0 Å². The van der Waals surface area contributed by atoms with Crippen LogP contribution < -0.4 is 14.5 Å². The maximum Gasteiger partial charge on any atom is 0.263 e. The summed E-state index contributed by atoms with van der Waals surface area (Å²) in [5, 5.41) is 0.727. The van der Waals surface area contributed by atoms with E-state index in [1.54, 1.807) is 24.3 Å². The molecule has 0 radical (unpaired) electrons. The molecule has 0 spiro atoms. The molecular weight excluding hydrogens is 500 g/mol. The summed E-state index contributed by atoms with van der Waals surface area (Å²) >= 11 is 6.14. The van der Waals surface area contributed by atoms with Gasteiger partial charge in [0.15, 0.2) is 0 Å². The molecule has 2 aromatic carbocycles. The van der Waals surface area contributed by atoms with Crippen LogP contribution in [0.1, 0.15) is 13.4 Å². The van der Waals surface area contributed by atoms with Gasteiger partial charge in [-0.2, -0.15) is 0 Å². The number of rotatable bonds is 6. The Balaban J connectivity index is 0.00000320. The molecule has 1 saturated heterocycles. The third-order valence-electron chi connectivity index (χ3n) is 6.55. The second-order valence-electron chi connectivity index (χ2n) is 8.86. The number of nitrogens with zero attached hydrogens (tertiary/aromatic N) is 5. The number of nitrogens with one attached hydrogen (secondary N) is 1. The largest absolute Gasteiger partial charge is 0.368 e. The number of hydrogen-bond donors (Lipinski definition) is 1. The van der Waals surface area contributed by atoms with Crippen molar-refractivity contribution in [1.82, 2.24) is 14.9 Å². The number of fused-ring (bicyclic) bond motifs is 1. The average molecular weight is 529 g/mol. The normalized spacial score (nSPS) is 16.0. The number of anilines is 3. The van der Waals surface area contributed by atoms with Crippen molar-refractivity contribution >= 4 is 44.7 Å². The quantitative estimate of drug-likeness (QED) is 0.524. The molecule has 1 amide bonds. The molecule has 3 aromatic rings. The van der Waals surface area contributed by atoms with E-state index in [9.17, 15) is 13.2 Å². The number of halogens is 1. The summed E-state index contributed by atoms with van der Waals surface area (Å²) < 4.78 is 27.7. The van der Waals surface area contributed by atoms with Crippen LogP contribution in [0.2, 0.25) is 5.02 Å². The van der Waals surface area contributed by atoms with Crippen molar-refractivity contribution in [2.75, 3.05) is 53.8 Å². The second-order valence-corrected chi connectivity index (χ2v) is 11.0. The van der Waals surface area contributed by atoms with Gasteiger partial charge in [-0.1, -0.05) is 11.6 Å². The Morgan fingerprint density at radius 1 is 1.03 bits per heavy atom. The lowest BCUT2D eigenvalue weighted by atomic mass is 10.0. The monoisotopic (exact) mass is 528 g/mol. The number of aryl methyl sites for hydroxylation is 1. The Labute approximate surface area is 217 Å². The van der Waals surface area contributed by atoms with E-state index in [0.29, 0.717) is 32.7 Å². The number of amides is 1. The van der Waals surface area contributed by atoms with Crippen LogP contribution >= 0.6 is 11.6 Å². The highest BCUT2D eigenvalue weighted by molar-refractivity contribution is 7.92. The summed E-state index contributed by atoms with van der Waals surface area (Å²) in [6.45, 7) is 3.83. The number of benzene rings is 2. The lowest BCUT2D eigenvalue weighted by molar-refractivity contribution is -0.130. The fraction of sp³-hybridized carbons (Fsp3) is 0.320. The molecule has 2 aliphatic heterocycles. The second kappa shape index (κ2) is 10.3. The van der Waals surface area contributed by atoms with Crippen LogP contribution in [0.3, 0.4) is 0 Å². The number of carbonyl (C=O) groups is 1. The molecule has 36 heavy (non-hydrogen) atoms. The van der Waals surface area contributed by atoms with Crippen LogP contribution in [0.5, 0.6) is 0 Å². The molecule has 0 aliphatic carbocycles. The Bertz CT molecular complexity index is 1340. The minimum Gasteiger partial charge on any atom is -0.368 e. The fourth-order valence-electron chi connectivity index (χ4n) is 4.67. The molecule has 0 unspecified atom stereocenters. The van der Waals surface area contributed by atoms with Crippen LogP contribution in [0.25, 0.3) is 0 Å². The van der Waals surface area contributed by atoms with Gasteiger partial charge < -0.3 is 14.7 Å². The van der Waals surface area contributed by atoms with Gasteiger partial charge in [0.25, 0.3) is 10.0 Å². The molecular formula is C25H29ClN6O3S. The zero-order valence-electron chi connectivity index (χ0n) is 19.7. The number of sulfonamides is 1. The highest BCUT2D eigenvalue weighted by Crippen LogP contribution is 2.29. The van der Waals surface area contributed by atoms with Gasteiger partial charge >= 0.3 is 0 Å². The summed E-state index contributed by atoms with van der Waals surface area (Å²) in [5.74, 6) is 0.335. The van der Waals surface area contributed by atoms with E-state index < -0.39 is 10.0 Å². The zero-order valence-corrected chi connectivity index (χ0v) is 21.2. The van der Waals surface area contributed by atoms with Crippen molar-refractivity contribution in [3.63, 3.8) is 0 Å². The van der Waals surface area contributed by atoms with E-state index in [0.717, 1.165) is 35.8 Å². The number of aromatic nitrogens is 2. The predicted octanol–water partition coefficient (Wildman–Crippen LogP) is 3.28. The molecule has 3 heterocycles. The van der Waals surface area contributed by atoms with Gasteiger partial charge in [-0.25, -0.2) is 18.4 Å². The minimum absolute atomic E-state index is 0. The van der Waals surface area contributed by atoms with Crippen molar-refractivity contribution in [3.8, 4) is 0 Å². The molecule has 2 aliphatic rings. The van der Waals surface area contributed by atoms with Crippen molar-refractivity contribution in [2.24, 2.45) is 0 Å². The first kappa shape index (κ1) is 24.3. The van der Waals surface area contributed by atoms with Crippen LogP contribution in [-0.4, -0.2) is 68.5 Å². The van der Waals surface area contributed by atoms with E-state index in [1.165, 1.54) is 24.2 Å². The molecule has 1 N–H and O–H groups in total. The highest BCUT2D eigenvalue weighted by Gasteiger charge is 2.25. The predicted molar refractivity (Wildman–Crippen MR) is 142 cm³/mol. The van der Waals surface area contributed by atoms with Crippen LogP contribution in [0.4, 0.5) is 17.2 Å². The molecule has 0 bridgehead atoms. The van der Waals surface area contributed by atoms with E-state index in [1.807, 2.05) is 23.1 Å². The molecule has 190 valence electrons. The first-order chi connectivity index (χ1) is 17.4.